The standard InChI is InChI=1S/C32H24O7/c33-29-18-24(22-5-1-2-6-26(22)37-14-11-19-7-9-25-20(16-19)12-15-36-25)30-27(38-29)10-8-23-31(34)28(39-32(23)30)17-21-4-3-13-35-21/h1-10,13,16-17,24H,11-12,14-15,18H2/b28-17-. The molecule has 7 heteroatoms. The zero-order chi connectivity index (χ0) is 26.3. The molecule has 39 heavy (non-hydrogen) atoms. The van der Waals surface area contributed by atoms with Crippen molar-refractivity contribution in [1.82, 2.24) is 0 Å². The minimum atomic E-state index is -0.402. The molecule has 0 aliphatic carbocycles. The number of para-hydroxylation sites is 1. The fourth-order valence-corrected chi connectivity index (χ4v) is 5.45. The van der Waals surface area contributed by atoms with Crippen molar-refractivity contribution >= 4 is 17.8 Å². The van der Waals surface area contributed by atoms with E-state index < -0.39 is 5.92 Å². The molecule has 0 fully saturated rings. The van der Waals surface area contributed by atoms with Gasteiger partial charge in [0.15, 0.2) is 5.76 Å². The second kappa shape index (κ2) is 9.51. The average molecular weight is 521 g/mol. The van der Waals surface area contributed by atoms with Crippen molar-refractivity contribution in [2.75, 3.05) is 13.2 Å². The van der Waals surface area contributed by atoms with Crippen molar-refractivity contribution in [3.05, 3.63) is 112 Å². The summed E-state index contributed by atoms with van der Waals surface area (Å²) in [5.41, 5.74) is 4.34. The van der Waals surface area contributed by atoms with E-state index in [0.29, 0.717) is 40.7 Å². The van der Waals surface area contributed by atoms with E-state index in [0.717, 1.165) is 30.8 Å². The molecule has 3 aliphatic heterocycles. The zero-order valence-corrected chi connectivity index (χ0v) is 21.0. The van der Waals surface area contributed by atoms with Crippen LogP contribution in [0.25, 0.3) is 6.08 Å². The van der Waals surface area contributed by atoms with Crippen LogP contribution in [0.1, 0.15) is 50.7 Å². The fraction of sp³-hybridized carbons (Fsp3) is 0.188. The van der Waals surface area contributed by atoms with Crippen molar-refractivity contribution < 1.29 is 33.0 Å². The summed E-state index contributed by atoms with van der Waals surface area (Å²) < 4.78 is 28.9. The molecule has 1 aromatic heterocycles. The molecule has 3 aliphatic rings. The number of hydrogen-bond acceptors (Lipinski definition) is 7. The van der Waals surface area contributed by atoms with Crippen LogP contribution in [0.15, 0.2) is 83.2 Å². The van der Waals surface area contributed by atoms with Gasteiger partial charge in [0, 0.05) is 36.0 Å². The summed E-state index contributed by atoms with van der Waals surface area (Å²) >= 11 is 0. The minimum Gasteiger partial charge on any atom is -0.493 e. The molecule has 0 spiro atoms. The van der Waals surface area contributed by atoms with Crippen LogP contribution in [-0.2, 0) is 17.6 Å². The third-order valence-electron chi connectivity index (χ3n) is 7.29. The molecule has 0 saturated carbocycles. The van der Waals surface area contributed by atoms with Crippen molar-refractivity contribution in [2.24, 2.45) is 0 Å². The molecule has 7 nitrogen and oxygen atoms in total. The van der Waals surface area contributed by atoms with Gasteiger partial charge in [0.2, 0.25) is 5.78 Å². The zero-order valence-electron chi connectivity index (χ0n) is 21.0. The Kier molecular flexibility index (Phi) is 5.69. The highest BCUT2D eigenvalue weighted by atomic mass is 16.5. The predicted octanol–water partition coefficient (Wildman–Crippen LogP) is 5.89. The van der Waals surface area contributed by atoms with Gasteiger partial charge >= 0.3 is 5.97 Å². The van der Waals surface area contributed by atoms with Crippen molar-refractivity contribution in [3.8, 4) is 23.0 Å². The Balaban J connectivity index is 1.19. The maximum atomic E-state index is 13.2. The number of Topliss-reactive ketones (excluding diaryl/α,β-unsaturated/α-hetero) is 1. The Hall–Kier alpha value is -4.78. The molecule has 4 aromatic rings. The Morgan fingerprint density at radius 1 is 0.949 bits per heavy atom. The molecule has 194 valence electrons. The summed E-state index contributed by atoms with van der Waals surface area (Å²) in [6.07, 6.45) is 4.87. The maximum Gasteiger partial charge on any atom is 0.312 e. The summed E-state index contributed by atoms with van der Waals surface area (Å²) in [4.78, 5) is 25.8. The van der Waals surface area contributed by atoms with Gasteiger partial charge in [0.25, 0.3) is 0 Å². The highest BCUT2D eigenvalue weighted by molar-refractivity contribution is 6.15. The van der Waals surface area contributed by atoms with Crippen LogP contribution in [0.2, 0.25) is 0 Å². The number of allylic oxidation sites excluding steroid dienone is 1. The first-order valence-electron chi connectivity index (χ1n) is 13.0. The Morgan fingerprint density at radius 3 is 2.74 bits per heavy atom. The lowest BCUT2D eigenvalue weighted by molar-refractivity contribution is -0.135. The summed E-state index contributed by atoms with van der Waals surface area (Å²) in [5.74, 6) is 2.11. The van der Waals surface area contributed by atoms with E-state index in [9.17, 15) is 9.59 Å². The molecule has 0 saturated heterocycles. The van der Waals surface area contributed by atoms with Crippen LogP contribution in [0, 0.1) is 0 Å². The van der Waals surface area contributed by atoms with Gasteiger partial charge in [-0.1, -0.05) is 30.3 Å². The third-order valence-corrected chi connectivity index (χ3v) is 7.29. The van der Waals surface area contributed by atoms with Gasteiger partial charge in [0.05, 0.1) is 31.5 Å². The molecule has 7 rings (SSSR count). The number of ketones is 1. The fourth-order valence-electron chi connectivity index (χ4n) is 5.45. The number of fused-ring (bicyclic) bond motifs is 4. The highest BCUT2D eigenvalue weighted by Gasteiger charge is 2.39. The molecule has 0 radical (unpaired) electrons. The first-order chi connectivity index (χ1) is 19.1. The van der Waals surface area contributed by atoms with Gasteiger partial charge in [-0.15, -0.1) is 0 Å². The van der Waals surface area contributed by atoms with E-state index in [-0.39, 0.29) is 23.9 Å². The number of ether oxygens (including phenoxy) is 4. The van der Waals surface area contributed by atoms with Gasteiger partial charge in [-0.25, -0.2) is 0 Å². The Bertz CT molecular complexity index is 1630. The minimum absolute atomic E-state index is 0.101. The van der Waals surface area contributed by atoms with E-state index in [4.69, 9.17) is 23.4 Å². The Labute approximate surface area is 224 Å². The van der Waals surface area contributed by atoms with Gasteiger partial charge in [-0.2, -0.15) is 0 Å². The molecule has 3 aromatic carbocycles. The molecule has 0 N–H and O–H groups in total. The lowest BCUT2D eigenvalue weighted by Gasteiger charge is -2.27. The lowest BCUT2D eigenvalue weighted by Crippen LogP contribution is -2.22. The second-order valence-electron chi connectivity index (χ2n) is 9.72. The van der Waals surface area contributed by atoms with Crippen LogP contribution in [0.3, 0.4) is 0 Å². The van der Waals surface area contributed by atoms with E-state index in [2.05, 4.69) is 12.1 Å². The Morgan fingerprint density at radius 2 is 1.85 bits per heavy atom. The molecular weight excluding hydrogens is 496 g/mol. The van der Waals surface area contributed by atoms with E-state index in [1.165, 1.54) is 17.4 Å². The van der Waals surface area contributed by atoms with Crippen LogP contribution in [0.5, 0.6) is 23.0 Å². The average Bonchev–Trinajstić information content (AvgIpc) is 3.70. The van der Waals surface area contributed by atoms with Gasteiger partial charge < -0.3 is 23.4 Å². The molecule has 4 heterocycles. The topological polar surface area (TPSA) is 84.2 Å². The quantitative estimate of drug-likeness (QED) is 0.178. The summed E-state index contributed by atoms with van der Waals surface area (Å²) in [5, 5.41) is 0. The smallest absolute Gasteiger partial charge is 0.312 e. The highest BCUT2D eigenvalue weighted by Crippen LogP contribution is 2.50. The summed E-state index contributed by atoms with van der Waals surface area (Å²) in [7, 11) is 0. The predicted molar refractivity (Wildman–Crippen MR) is 141 cm³/mol. The van der Waals surface area contributed by atoms with Gasteiger partial charge in [-0.3, -0.25) is 9.59 Å². The van der Waals surface area contributed by atoms with Gasteiger partial charge in [-0.05, 0) is 47.5 Å². The van der Waals surface area contributed by atoms with Crippen molar-refractivity contribution in [2.45, 2.75) is 25.2 Å². The van der Waals surface area contributed by atoms with Crippen molar-refractivity contribution in [3.63, 3.8) is 0 Å². The van der Waals surface area contributed by atoms with Crippen LogP contribution < -0.4 is 18.9 Å². The van der Waals surface area contributed by atoms with E-state index in [1.807, 2.05) is 30.3 Å². The summed E-state index contributed by atoms with van der Waals surface area (Å²) in [6, 6.07) is 20.7. The second-order valence-corrected chi connectivity index (χ2v) is 9.72. The van der Waals surface area contributed by atoms with E-state index >= 15 is 0 Å². The number of carbonyl (C=O) groups is 2. The number of benzene rings is 3. The first-order valence-corrected chi connectivity index (χ1v) is 13.0. The van der Waals surface area contributed by atoms with Crippen LogP contribution in [-0.4, -0.2) is 25.0 Å². The van der Waals surface area contributed by atoms with Crippen LogP contribution >= 0.6 is 0 Å². The van der Waals surface area contributed by atoms with Crippen LogP contribution in [0.4, 0.5) is 0 Å². The normalized spacial score (nSPS) is 18.2. The molecule has 1 unspecified atom stereocenters. The van der Waals surface area contributed by atoms with E-state index in [1.54, 1.807) is 30.3 Å². The number of esters is 1. The lowest BCUT2D eigenvalue weighted by atomic mass is 9.84. The number of rotatable bonds is 6. The molecular formula is C32H24O7. The molecule has 0 bridgehead atoms. The molecule has 1 atom stereocenters. The number of furan rings is 1. The number of hydrogen-bond donors (Lipinski definition) is 0. The molecule has 0 amide bonds. The SMILES string of the molecule is O=C1CC(c2ccccc2OCCc2ccc3c(c2)CCO3)c2c(ccc3c2O/C(=C\c2ccco2)C3=O)O1. The van der Waals surface area contributed by atoms with Gasteiger partial charge in [0.1, 0.15) is 28.8 Å². The number of carbonyl (C=O) groups excluding carboxylic acids is 2. The largest absolute Gasteiger partial charge is 0.493 e. The van der Waals surface area contributed by atoms with Crippen molar-refractivity contribution in [1.29, 1.82) is 0 Å². The maximum absolute atomic E-state index is 13.2. The first kappa shape index (κ1) is 23.3. The summed E-state index contributed by atoms with van der Waals surface area (Å²) in [6.45, 7) is 1.20. The monoisotopic (exact) mass is 520 g/mol. The third kappa shape index (κ3) is 4.26.